The topological polar surface area (TPSA) is 109 Å². The number of ether oxygens (including phenoxy) is 3. The first kappa shape index (κ1) is 23.1. The summed E-state index contributed by atoms with van der Waals surface area (Å²) in [6, 6.07) is 10.5. The molecule has 11 heteroatoms. The van der Waals surface area contributed by atoms with Crippen LogP contribution in [0.15, 0.2) is 48.7 Å². The number of benzene rings is 2. The van der Waals surface area contributed by atoms with Gasteiger partial charge in [0.15, 0.2) is 18.2 Å². The van der Waals surface area contributed by atoms with Crippen molar-refractivity contribution in [3.8, 4) is 5.75 Å². The van der Waals surface area contributed by atoms with Gasteiger partial charge in [-0.15, -0.1) is 0 Å². The average molecular weight is 478 g/mol. The lowest BCUT2D eigenvalue weighted by Gasteiger charge is -2.10. The molecule has 3 aromatic rings. The van der Waals surface area contributed by atoms with Crippen LogP contribution in [0.25, 0.3) is 0 Å². The molecule has 0 bridgehead atoms. The summed E-state index contributed by atoms with van der Waals surface area (Å²) >= 11 is 12.1. The summed E-state index contributed by atoms with van der Waals surface area (Å²) in [4.78, 5) is 36.4. The predicted molar refractivity (Wildman–Crippen MR) is 116 cm³/mol. The number of hydrogen-bond acceptors (Lipinski definition) is 7. The first-order valence-corrected chi connectivity index (χ1v) is 9.81. The van der Waals surface area contributed by atoms with Gasteiger partial charge in [0.2, 0.25) is 0 Å². The maximum Gasteiger partial charge on any atom is 0.337 e. The molecule has 3 rings (SSSR count). The van der Waals surface area contributed by atoms with Crippen molar-refractivity contribution in [2.75, 3.05) is 19.5 Å². The highest BCUT2D eigenvalue weighted by Crippen LogP contribution is 2.32. The fourth-order valence-corrected chi connectivity index (χ4v) is 3.18. The lowest BCUT2D eigenvalue weighted by molar-refractivity contribution is 0.0599. The number of aromatic nitrogens is 2. The Labute approximate surface area is 192 Å². The molecule has 0 aliphatic carbocycles. The van der Waals surface area contributed by atoms with Crippen LogP contribution < -0.4 is 10.1 Å². The number of esters is 2. The number of carbonyl (C=O) groups is 3. The van der Waals surface area contributed by atoms with E-state index in [9.17, 15) is 14.4 Å². The molecule has 0 saturated carbocycles. The number of nitrogens with zero attached hydrogens (tertiary/aromatic N) is 2. The molecule has 1 heterocycles. The summed E-state index contributed by atoms with van der Waals surface area (Å²) in [5.41, 5.74) is 0.399. The van der Waals surface area contributed by atoms with Gasteiger partial charge in [0.05, 0.1) is 35.4 Å². The molecule has 0 fully saturated rings. The van der Waals surface area contributed by atoms with Crippen LogP contribution in [0.3, 0.4) is 0 Å². The molecule has 0 aliphatic rings. The molecule has 0 atom stereocenters. The summed E-state index contributed by atoms with van der Waals surface area (Å²) in [5.74, 6) is -1.62. The smallest absolute Gasteiger partial charge is 0.337 e. The Hall–Kier alpha value is -3.56. The number of carbonyl (C=O) groups excluding carboxylic acids is 3. The van der Waals surface area contributed by atoms with Crippen LogP contribution in [-0.4, -0.2) is 41.8 Å². The van der Waals surface area contributed by atoms with E-state index in [0.29, 0.717) is 15.8 Å². The van der Waals surface area contributed by atoms with Crippen LogP contribution in [0.4, 0.5) is 5.69 Å². The summed E-state index contributed by atoms with van der Waals surface area (Å²) in [5, 5.41) is 7.41. The van der Waals surface area contributed by atoms with E-state index in [-0.39, 0.29) is 29.2 Å². The van der Waals surface area contributed by atoms with Gasteiger partial charge in [-0.25, -0.2) is 14.3 Å². The number of hydrogen-bond donors (Lipinski definition) is 1. The highest BCUT2D eigenvalue weighted by atomic mass is 35.5. The van der Waals surface area contributed by atoms with E-state index in [1.165, 1.54) is 49.4 Å². The van der Waals surface area contributed by atoms with Crippen molar-refractivity contribution in [3.63, 3.8) is 0 Å². The van der Waals surface area contributed by atoms with Crippen LogP contribution in [0, 0.1) is 0 Å². The number of halogens is 2. The van der Waals surface area contributed by atoms with Crippen LogP contribution in [0.5, 0.6) is 5.75 Å². The second kappa shape index (κ2) is 10.2. The van der Waals surface area contributed by atoms with E-state index in [1.807, 2.05) is 0 Å². The zero-order valence-electron chi connectivity index (χ0n) is 16.9. The summed E-state index contributed by atoms with van der Waals surface area (Å²) < 4.78 is 16.3. The zero-order valence-corrected chi connectivity index (χ0v) is 18.4. The van der Waals surface area contributed by atoms with Crippen molar-refractivity contribution >= 4 is 46.7 Å². The molecule has 0 spiro atoms. The quantitative estimate of drug-likeness (QED) is 0.511. The standard InChI is InChI=1S/C21H17Cl2N3O6/c1-30-20(28)12-8-13(21(29)31-2)10-14(9-12)24-19(27)17-6-7-26(25-17)11-32-18-15(22)4-3-5-16(18)23/h3-10H,11H2,1-2H3,(H,24,27). The summed E-state index contributed by atoms with van der Waals surface area (Å²) in [7, 11) is 2.41. The van der Waals surface area contributed by atoms with E-state index in [0.717, 1.165) is 0 Å². The Morgan fingerprint density at radius 2 is 1.56 bits per heavy atom. The molecular weight excluding hydrogens is 461 g/mol. The molecule has 0 aliphatic heterocycles. The normalized spacial score (nSPS) is 10.4. The Kier molecular flexibility index (Phi) is 7.34. The molecule has 32 heavy (non-hydrogen) atoms. The monoisotopic (exact) mass is 477 g/mol. The molecular formula is C21H17Cl2N3O6. The third-order valence-electron chi connectivity index (χ3n) is 4.17. The molecule has 1 aromatic heterocycles. The highest BCUT2D eigenvalue weighted by molar-refractivity contribution is 6.37. The summed E-state index contributed by atoms with van der Waals surface area (Å²) in [6.45, 7) is -0.0406. The van der Waals surface area contributed by atoms with Crippen LogP contribution in [0.1, 0.15) is 31.2 Å². The third-order valence-corrected chi connectivity index (χ3v) is 4.76. The van der Waals surface area contributed by atoms with Gasteiger partial charge in [0, 0.05) is 11.9 Å². The first-order chi connectivity index (χ1) is 15.3. The van der Waals surface area contributed by atoms with E-state index in [2.05, 4.69) is 19.9 Å². The van der Waals surface area contributed by atoms with Gasteiger partial charge in [-0.1, -0.05) is 29.3 Å². The van der Waals surface area contributed by atoms with Crippen LogP contribution >= 0.6 is 23.2 Å². The molecule has 0 unspecified atom stereocenters. The summed E-state index contributed by atoms with van der Waals surface area (Å²) in [6.07, 6.45) is 1.53. The lowest BCUT2D eigenvalue weighted by atomic mass is 10.1. The van der Waals surface area contributed by atoms with Gasteiger partial charge < -0.3 is 19.5 Å². The second-order valence-corrected chi connectivity index (χ2v) is 7.12. The minimum atomic E-state index is -0.675. The van der Waals surface area contributed by atoms with Crippen molar-refractivity contribution in [2.24, 2.45) is 0 Å². The van der Waals surface area contributed by atoms with Crippen molar-refractivity contribution in [3.05, 3.63) is 75.5 Å². The lowest BCUT2D eigenvalue weighted by Crippen LogP contribution is -2.16. The van der Waals surface area contributed by atoms with Gasteiger partial charge >= 0.3 is 11.9 Å². The maximum atomic E-state index is 12.6. The second-order valence-electron chi connectivity index (χ2n) is 6.30. The Morgan fingerprint density at radius 1 is 0.969 bits per heavy atom. The number of anilines is 1. The highest BCUT2D eigenvalue weighted by Gasteiger charge is 2.17. The molecule has 0 saturated heterocycles. The largest absolute Gasteiger partial charge is 0.468 e. The molecule has 166 valence electrons. The van der Waals surface area contributed by atoms with Crippen molar-refractivity contribution in [2.45, 2.75) is 6.73 Å². The molecule has 1 N–H and O–H groups in total. The van der Waals surface area contributed by atoms with Gasteiger partial charge in [0.1, 0.15) is 0 Å². The number of methoxy groups -OCH3 is 2. The number of nitrogens with one attached hydrogen (secondary N) is 1. The van der Waals surface area contributed by atoms with Crippen LogP contribution in [0.2, 0.25) is 10.0 Å². The Morgan fingerprint density at radius 3 is 2.12 bits per heavy atom. The maximum absolute atomic E-state index is 12.6. The number of amides is 1. The Bertz CT molecular complexity index is 1120. The molecule has 9 nitrogen and oxygen atoms in total. The van der Waals surface area contributed by atoms with Crippen molar-refractivity contribution in [1.29, 1.82) is 0 Å². The fourth-order valence-electron chi connectivity index (χ4n) is 2.67. The number of rotatable bonds is 7. The minimum Gasteiger partial charge on any atom is -0.468 e. The van der Waals surface area contributed by atoms with E-state index in [1.54, 1.807) is 18.2 Å². The minimum absolute atomic E-state index is 0.0406. The zero-order chi connectivity index (χ0) is 23.3. The fraction of sp³-hybridized carbons (Fsp3) is 0.143. The Balaban J connectivity index is 1.74. The van der Waals surface area contributed by atoms with Crippen molar-refractivity contribution in [1.82, 2.24) is 9.78 Å². The molecule has 0 radical (unpaired) electrons. The third kappa shape index (κ3) is 5.37. The molecule has 2 aromatic carbocycles. The SMILES string of the molecule is COC(=O)c1cc(NC(=O)c2ccn(COc3c(Cl)cccc3Cl)n2)cc(C(=O)OC)c1. The first-order valence-electron chi connectivity index (χ1n) is 9.05. The van der Waals surface area contributed by atoms with Gasteiger partial charge in [-0.05, 0) is 36.4 Å². The van der Waals surface area contributed by atoms with E-state index < -0.39 is 17.8 Å². The van der Waals surface area contributed by atoms with E-state index in [4.69, 9.17) is 27.9 Å². The van der Waals surface area contributed by atoms with Crippen LogP contribution in [-0.2, 0) is 16.2 Å². The van der Waals surface area contributed by atoms with Gasteiger partial charge in [0.25, 0.3) is 5.91 Å². The van der Waals surface area contributed by atoms with Gasteiger partial charge in [-0.3, -0.25) is 4.79 Å². The number of para-hydroxylation sites is 1. The van der Waals surface area contributed by atoms with E-state index >= 15 is 0 Å². The predicted octanol–water partition coefficient (Wildman–Crippen LogP) is 4.05. The van der Waals surface area contributed by atoms with Crippen molar-refractivity contribution < 1.29 is 28.6 Å². The van der Waals surface area contributed by atoms with Gasteiger partial charge in [-0.2, -0.15) is 5.10 Å². The average Bonchev–Trinajstić information content (AvgIpc) is 3.26. The molecule has 1 amide bonds.